The number of pyridine rings is 1. The van der Waals surface area contributed by atoms with Gasteiger partial charge in [0.1, 0.15) is 5.75 Å². The molecule has 0 atom stereocenters. The Balaban J connectivity index is 2.26. The van der Waals surface area contributed by atoms with E-state index < -0.39 is 0 Å². The third-order valence-electron chi connectivity index (χ3n) is 2.79. The summed E-state index contributed by atoms with van der Waals surface area (Å²) in [6.45, 7) is 4.19. The topological polar surface area (TPSA) is 77.2 Å². The molecule has 0 aliphatic heterocycles. The minimum atomic E-state index is -0.255. The molecule has 3 N–H and O–H groups in total. The van der Waals surface area contributed by atoms with E-state index in [-0.39, 0.29) is 5.91 Å². The summed E-state index contributed by atoms with van der Waals surface area (Å²) in [4.78, 5) is 16.4. The second-order valence-corrected chi connectivity index (χ2v) is 4.28. The smallest absolute Gasteiger partial charge is 0.257 e. The first-order valence-corrected chi connectivity index (χ1v) is 6.37. The SMILES string of the molecule is CCOc1ccccc1NC(=O)c1cc(N)cnc1C. The van der Waals surface area contributed by atoms with E-state index >= 15 is 0 Å². The van der Waals surface area contributed by atoms with Crippen LogP contribution in [-0.2, 0) is 0 Å². The van der Waals surface area contributed by atoms with E-state index in [1.54, 1.807) is 19.1 Å². The molecule has 2 aromatic rings. The zero-order valence-electron chi connectivity index (χ0n) is 11.5. The van der Waals surface area contributed by atoms with Gasteiger partial charge in [-0.3, -0.25) is 9.78 Å². The zero-order valence-corrected chi connectivity index (χ0v) is 11.5. The van der Waals surface area contributed by atoms with E-state index in [1.165, 1.54) is 6.20 Å². The predicted molar refractivity (Wildman–Crippen MR) is 79.0 cm³/mol. The van der Waals surface area contributed by atoms with Gasteiger partial charge in [-0.05, 0) is 32.0 Å². The van der Waals surface area contributed by atoms with Gasteiger partial charge >= 0.3 is 0 Å². The third-order valence-corrected chi connectivity index (χ3v) is 2.79. The third kappa shape index (κ3) is 3.06. The minimum Gasteiger partial charge on any atom is -0.492 e. The van der Waals surface area contributed by atoms with Crippen molar-refractivity contribution in [3.05, 3.63) is 47.8 Å². The average Bonchev–Trinajstić information content (AvgIpc) is 2.44. The molecule has 5 nitrogen and oxygen atoms in total. The number of amides is 1. The van der Waals surface area contributed by atoms with E-state index in [1.807, 2.05) is 25.1 Å². The number of aromatic nitrogens is 1. The number of rotatable bonds is 4. The standard InChI is InChI=1S/C15H17N3O2/c1-3-20-14-7-5-4-6-13(14)18-15(19)12-8-11(16)9-17-10(12)2/h4-9H,3,16H2,1-2H3,(H,18,19). The summed E-state index contributed by atoms with van der Waals surface area (Å²) in [7, 11) is 0. The number of para-hydroxylation sites is 2. The van der Waals surface area contributed by atoms with Gasteiger partial charge < -0.3 is 15.8 Å². The van der Waals surface area contributed by atoms with Crippen LogP contribution in [0.3, 0.4) is 0 Å². The Morgan fingerprint density at radius 1 is 1.40 bits per heavy atom. The van der Waals surface area contributed by atoms with Gasteiger partial charge in [-0.15, -0.1) is 0 Å². The maximum atomic E-state index is 12.3. The lowest BCUT2D eigenvalue weighted by molar-refractivity contribution is 0.102. The van der Waals surface area contributed by atoms with E-state index in [4.69, 9.17) is 10.5 Å². The molecule has 0 saturated heterocycles. The summed E-state index contributed by atoms with van der Waals surface area (Å²) in [6, 6.07) is 8.90. The predicted octanol–water partition coefficient (Wildman–Crippen LogP) is 2.62. The molecule has 0 saturated carbocycles. The van der Waals surface area contributed by atoms with E-state index in [0.717, 1.165) is 0 Å². The molecule has 0 aliphatic carbocycles. The second kappa shape index (κ2) is 6.06. The number of benzene rings is 1. The molecule has 0 fully saturated rings. The lowest BCUT2D eigenvalue weighted by atomic mass is 10.1. The molecule has 2 rings (SSSR count). The van der Waals surface area contributed by atoms with Gasteiger partial charge in [0.15, 0.2) is 0 Å². The molecule has 0 bridgehead atoms. The molecule has 0 unspecified atom stereocenters. The molecule has 104 valence electrons. The van der Waals surface area contributed by atoms with Gasteiger partial charge in [-0.1, -0.05) is 12.1 Å². The molecule has 1 aromatic heterocycles. The molecule has 20 heavy (non-hydrogen) atoms. The average molecular weight is 271 g/mol. The molecule has 1 aromatic carbocycles. The van der Waals surface area contributed by atoms with Crippen molar-refractivity contribution in [1.82, 2.24) is 4.98 Å². The number of carbonyl (C=O) groups excluding carboxylic acids is 1. The Kier molecular flexibility index (Phi) is 4.20. The highest BCUT2D eigenvalue weighted by atomic mass is 16.5. The van der Waals surface area contributed by atoms with Crippen LogP contribution < -0.4 is 15.8 Å². The van der Waals surface area contributed by atoms with Gasteiger partial charge in [0, 0.05) is 0 Å². The lowest BCUT2D eigenvalue weighted by Gasteiger charge is -2.12. The van der Waals surface area contributed by atoms with Crippen LogP contribution in [0.25, 0.3) is 0 Å². The van der Waals surface area contributed by atoms with Crippen LogP contribution in [0.1, 0.15) is 23.0 Å². The Labute approximate surface area is 117 Å². The molecule has 1 amide bonds. The maximum absolute atomic E-state index is 12.3. The van der Waals surface area contributed by atoms with Crippen molar-refractivity contribution in [3.8, 4) is 5.75 Å². The fourth-order valence-electron chi connectivity index (χ4n) is 1.82. The number of nitrogens with two attached hydrogens (primary N) is 1. The number of ether oxygens (including phenoxy) is 1. The first-order chi connectivity index (χ1) is 9.61. The minimum absolute atomic E-state index is 0.255. The van der Waals surface area contributed by atoms with Gasteiger partial charge in [0.2, 0.25) is 0 Å². The number of nitrogen functional groups attached to an aromatic ring is 1. The highest BCUT2D eigenvalue weighted by molar-refractivity contribution is 6.06. The van der Waals surface area contributed by atoms with Crippen LogP contribution in [0, 0.1) is 6.92 Å². The number of carbonyl (C=O) groups is 1. The Bertz CT molecular complexity index is 626. The van der Waals surface area contributed by atoms with Gasteiger partial charge in [0.05, 0.1) is 35.4 Å². The molecular weight excluding hydrogens is 254 g/mol. The highest BCUT2D eigenvalue weighted by Gasteiger charge is 2.13. The van der Waals surface area contributed by atoms with Crippen molar-refractivity contribution >= 4 is 17.3 Å². The first-order valence-electron chi connectivity index (χ1n) is 6.37. The van der Waals surface area contributed by atoms with Crippen LogP contribution in [-0.4, -0.2) is 17.5 Å². The fourth-order valence-corrected chi connectivity index (χ4v) is 1.82. The Morgan fingerprint density at radius 3 is 2.90 bits per heavy atom. The number of aryl methyl sites for hydroxylation is 1. The summed E-state index contributed by atoms with van der Waals surface area (Å²) in [5, 5.41) is 2.82. The van der Waals surface area contributed by atoms with Gasteiger partial charge in [-0.2, -0.15) is 0 Å². The Morgan fingerprint density at radius 2 is 2.15 bits per heavy atom. The maximum Gasteiger partial charge on any atom is 0.257 e. The van der Waals surface area contributed by atoms with Crippen molar-refractivity contribution < 1.29 is 9.53 Å². The van der Waals surface area contributed by atoms with Crippen molar-refractivity contribution in [2.45, 2.75) is 13.8 Å². The summed E-state index contributed by atoms with van der Waals surface area (Å²) >= 11 is 0. The van der Waals surface area contributed by atoms with Crippen LogP contribution in [0.4, 0.5) is 11.4 Å². The zero-order chi connectivity index (χ0) is 14.5. The quantitative estimate of drug-likeness (QED) is 0.896. The first kappa shape index (κ1) is 13.9. The highest BCUT2D eigenvalue weighted by Crippen LogP contribution is 2.24. The summed E-state index contributed by atoms with van der Waals surface area (Å²) in [6.07, 6.45) is 1.53. The van der Waals surface area contributed by atoms with Gasteiger partial charge in [0.25, 0.3) is 5.91 Å². The van der Waals surface area contributed by atoms with Crippen LogP contribution in [0.2, 0.25) is 0 Å². The molecule has 0 spiro atoms. The van der Waals surface area contributed by atoms with Crippen molar-refractivity contribution in [1.29, 1.82) is 0 Å². The summed E-state index contributed by atoms with van der Waals surface area (Å²) < 4.78 is 5.47. The molecule has 0 aliphatic rings. The van der Waals surface area contributed by atoms with E-state index in [2.05, 4.69) is 10.3 Å². The van der Waals surface area contributed by atoms with Crippen molar-refractivity contribution in [2.75, 3.05) is 17.7 Å². The number of anilines is 2. The lowest BCUT2D eigenvalue weighted by Crippen LogP contribution is -2.15. The van der Waals surface area contributed by atoms with Crippen molar-refractivity contribution in [2.24, 2.45) is 0 Å². The van der Waals surface area contributed by atoms with Crippen molar-refractivity contribution in [3.63, 3.8) is 0 Å². The van der Waals surface area contributed by atoms with Crippen LogP contribution in [0.5, 0.6) is 5.75 Å². The molecule has 5 heteroatoms. The Hall–Kier alpha value is -2.56. The summed E-state index contributed by atoms with van der Waals surface area (Å²) in [5.74, 6) is 0.382. The normalized spacial score (nSPS) is 10.1. The second-order valence-electron chi connectivity index (χ2n) is 4.28. The molecule has 1 heterocycles. The van der Waals surface area contributed by atoms with E-state index in [9.17, 15) is 4.79 Å². The van der Waals surface area contributed by atoms with Crippen LogP contribution in [0.15, 0.2) is 36.5 Å². The van der Waals surface area contributed by atoms with E-state index in [0.29, 0.717) is 35.0 Å². The van der Waals surface area contributed by atoms with Crippen LogP contribution >= 0.6 is 0 Å². The molecular formula is C15H17N3O2. The number of nitrogens with zero attached hydrogens (tertiary/aromatic N) is 1. The largest absolute Gasteiger partial charge is 0.492 e. The fraction of sp³-hybridized carbons (Fsp3) is 0.200. The van der Waals surface area contributed by atoms with Gasteiger partial charge in [-0.25, -0.2) is 0 Å². The number of nitrogens with one attached hydrogen (secondary N) is 1. The number of hydrogen-bond acceptors (Lipinski definition) is 4. The monoisotopic (exact) mass is 271 g/mol. The molecule has 0 radical (unpaired) electrons. The number of hydrogen-bond donors (Lipinski definition) is 2. The summed E-state index contributed by atoms with van der Waals surface area (Å²) in [5.41, 5.74) is 7.84.